The molecule has 0 atom stereocenters. The summed E-state index contributed by atoms with van der Waals surface area (Å²) in [6.45, 7) is -1.10. The van der Waals surface area contributed by atoms with Gasteiger partial charge in [-0.1, -0.05) is 0 Å². The number of thiol groups is 1. The van der Waals surface area contributed by atoms with E-state index in [1.807, 2.05) is 0 Å². The first kappa shape index (κ1) is 13.1. The van der Waals surface area contributed by atoms with Gasteiger partial charge in [0.05, 0.1) is 0 Å². The first-order chi connectivity index (χ1) is 7.85. The van der Waals surface area contributed by atoms with Crippen LogP contribution >= 0.6 is 12.6 Å². The van der Waals surface area contributed by atoms with Crippen molar-refractivity contribution in [2.75, 3.05) is 12.3 Å². The van der Waals surface area contributed by atoms with E-state index in [2.05, 4.69) is 12.6 Å². The van der Waals surface area contributed by atoms with E-state index in [9.17, 15) is 18.0 Å². The van der Waals surface area contributed by atoms with E-state index in [0.29, 0.717) is 18.6 Å². The Morgan fingerprint density at radius 2 is 1.94 bits per heavy atom. The van der Waals surface area contributed by atoms with E-state index >= 15 is 0 Å². The van der Waals surface area contributed by atoms with Crippen LogP contribution in [0.25, 0.3) is 0 Å². The van der Waals surface area contributed by atoms with Crippen molar-refractivity contribution in [2.24, 2.45) is 5.41 Å². The Labute approximate surface area is 104 Å². The van der Waals surface area contributed by atoms with Crippen molar-refractivity contribution in [3.63, 3.8) is 0 Å². The molecule has 0 aromatic carbocycles. The van der Waals surface area contributed by atoms with Gasteiger partial charge >= 0.3 is 6.18 Å². The Balaban J connectivity index is 1.94. The number of halogens is 3. The van der Waals surface area contributed by atoms with Gasteiger partial charge in [-0.3, -0.25) is 4.79 Å². The standard InChI is InChI=1S/C11H16F3NOS/c12-11(13,14)6-15(8-1-2-8)9(16)5-10(7-17)3-4-10/h8,17H,1-7H2. The number of hydrogen-bond acceptors (Lipinski definition) is 2. The number of hydrogen-bond donors (Lipinski definition) is 1. The molecule has 0 aromatic rings. The van der Waals surface area contributed by atoms with E-state index in [-0.39, 0.29) is 23.8 Å². The molecule has 0 bridgehead atoms. The molecule has 0 saturated heterocycles. The van der Waals surface area contributed by atoms with Crippen molar-refractivity contribution in [3.8, 4) is 0 Å². The van der Waals surface area contributed by atoms with E-state index in [4.69, 9.17) is 0 Å². The molecule has 2 fully saturated rings. The molecule has 0 spiro atoms. The fourth-order valence-corrected chi connectivity index (χ4v) is 2.42. The SMILES string of the molecule is O=C(CC1(CS)CC1)N(CC(F)(F)F)C1CC1. The van der Waals surface area contributed by atoms with Crippen LogP contribution in [0.4, 0.5) is 13.2 Å². The van der Waals surface area contributed by atoms with Gasteiger partial charge in [0.15, 0.2) is 0 Å². The highest BCUT2D eigenvalue weighted by Gasteiger charge is 2.47. The second-order valence-electron chi connectivity index (χ2n) is 5.20. The number of amides is 1. The van der Waals surface area contributed by atoms with Gasteiger partial charge in [0.2, 0.25) is 5.91 Å². The van der Waals surface area contributed by atoms with Crippen molar-refractivity contribution >= 4 is 18.5 Å². The average Bonchev–Trinajstić information content (AvgIpc) is 3.08. The van der Waals surface area contributed by atoms with Gasteiger partial charge in [0.1, 0.15) is 6.54 Å². The lowest BCUT2D eigenvalue weighted by molar-refractivity contribution is -0.163. The van der Waals surface area contributed by atoms with E-state index in [1.54, 1.807) is 0 Å². The summed E-state index contributed by atoms with van der Waals surface area (Å²) >= 11 is 4.17. The van der Waals surface area contributed by atoms with Crippen molar-refractivity contribution in [1.29, 1.82) is 0 Å². The summed E-state index contributed by atoms with van der Waals surface area (Å²) in [5, 5.41) is 0. The van der Waals surface area contributed by atoms with Gasteiger partial charge in [-0.15, -0.1) is 0 Å². The molecule has 0 unspecified atom stereocenters. The monoisotopic (exact) mass is 267 g/mol. The van der Waals surface area contributed by atoms with Crippen LogP contribution in [0, 0.1) is 5.41 Å². The molecule has 1 amide bonds. The summed E-state index contributed by atoms with van der Waals surface area (Å²) in [5.74, 6) is 0.236. The average molecular weight is 267 g/mol. The summed E-state index contributed by atoms with van der Waals surface area (Å²) < 4.78 is 37.1. The highest BCUT2D eigenvalue weighted by molar-refractivity contribution is 7.80. The second-order valence-corrected chi connectivity index (χ2v) is 5.52. The molecular formula is C11H16F3NOS. The number of carbonyl (C=O) groups excluding carboxylic acids is 1. The summed E-state index contributed by atoms with van der Waals surface area (Å²) in [5.41, 5.74) is -0.112. The maximum absolute atomic E-state index is 12.4. The molecule has 98 valence electrons. The second kappa shape index (κ2) is 4.37. The van der Waals surface area contributed by atoms with Crippen molar-refractivity contribution in [3.05, 3.63) is 0 Å². The summed E-state index contributed by atoms with van der Waals surface area (Å²) in [7, 11) is 0. The fraction of sp³-hybridized carbons (Fsp3) is 0.909. The zero-order chi connectivity index (χ0) is 12.7. The normalized spacial score (nSPS) is 22.4. The summed E-state index contributed by atoms with van der Waals surface area (Å²) in [6, 6.07) is -0.181. The molecule has 0 heterocycles. The Kier molecular flexibility index (Phi) is 3.36. The minimum absolute atomic E-state index is 0.112. The third kappa shape index (κ3) is 3.53. The van der Waals surface area contributed by atoms with Crippen molar-refractivity contribution in [1.82, 2.24) is 4.90 Å². The van der Waals surface area contributed by atoms with Gasteiger partial charge in [-0.2, -0.15) is 25.8 Å². The zero-order valence-corrected chi connectivity index (χ0v) is 10.4. The fourth-order valence-electron chi connectivity index (χ4n) is 1.99. The predicted octanol–water partition coefficient (Wildman–Crippen LogP) is 2.64. The first-order valence-electron chi connectivity index (χ1n) is 5.82. The molecular weight excluding hydrogens is 251 g/mol. The van der Waals surface area contributed by atoms with Gasteiger partial charge in [0, 0.05) is 12.5 Å². The van der Waals surface area contributed by atoms with Gasteiger partial charge in [-0.25, -0.2) is 0 Å². The smallest absolute Gasteiger partial charge is 0.331 e. The van der Waals surface area contributed by atoms with E-state index < -0.39 is 12.7 Å². The van der Waals surface area contributed by atoms with Crippen molar-refractivity contribution < 1.29 is 18.0 Å². The molecule has 0 aliphatic heterocycles. The molecule has 17 heavy (non-hydrogen) atoms. The Hall–Kier alpha value is -0.390. The maximum atomic E-state index is 12.4. The Morgan fingerprint density at radius 3 is 2.29 bits per heavy atom. The van der Waals surface area contributed by atoms with Crippen LogP contribution in [0.1, 0.15) is 32.1 Å². The van der Waals surface area contributed by atoms with Gasteiger partial charge in [0.25, 0.3) is 0 Å². The lowest BCUT2D eigenvalue weighted by Gasteiger charge is -2.25. The van der Waals surface area contributed by atoms with Crippen LogP contribution in [0.15, 0.2) is 0 Å². The quantitative estimate of drug-likeness (QED) is 0.759. The highest BCUT2D eigenvalue weighted by Crippen LogP contribution is 2.50. The molecule has 2 aliphatic rings. The third-order valence-corrected chi connectivity index (χ3v) is 4.15. The van der Waals surface area contributed by atoms with Crippen molar-refractivity contribution in [2.45, 2.75) is 44.3 Å². The highest BCUT2D eigenvalue weighted by atomic mass is 32.1. The topological polar surface area (TPSA) is 20.3 Å². The largest absolute Gasteiger partial charge is 0.406 e. The zero-order valence-electron chi connectivity index (χ0n) is 9.46. The Morgan fingerprint density at radius 1 is 1.35 bits per heavy atom. The number of alkyl halides is 3. The van der Waals surface area contributed by atoms with Crippen LogP contribution in [-0.2, 0) is 4.79 Å². The molecule has 2 rings (SSSR count). The minimum Gasteiger partial charge on any atom is -0.331 e. The lowest BCUT2D eigenvalue weighted by atomic mass is 10.0. The summed E-state index contributed by atoms with van der Waals surface area (Å²) in [4.78, 5) is 12.9. The number of carbonyl (C=O) groups is 1. The van der Waals surface area contributed by atoms with Gasteiger partial charge in [-0.05, 0) is 36.9 Å². The van der Waals surface area contributed by atoms with Crippen LogP contribution in [0.3, 0.4) is 0 Å². The van der Waals surface area contributed by atoms with Crippen LogP contribution < -0.4 is 0 Å². The molecule has 6 heteroatoms. The predicted molar refractivity (Wildman–Crippen MR) is 60.9 cm³/mol. The third-order valence-electron chi connectivity index (χ3n) is 3.48. The van der Waals surface area contributed by atoms with Crippen LogP contribution in [0.2, 0.25) is 0 Å². The van der Waals surface area contributed by atoms with Crippen LogP contribution in [0.5, 0.6) is 0 Å². The molecule has 0 N–H and O–H groups in total. The summed E-state index contributed by atoms with van der Waals surface area (Å²) in [6.07, 6.45) is -0.843. The number of nitrogens with zero attached hydrogens (tertiary/aromatic N) is 1. The molecule has 2 nitrogen and oxygen atoms in total. The Bertz CT molecular complexity index is 310. The first-order valence-corrected chi connectivity index (χ1v) is 6.46. The minimum atomic E-state index is -4.30. The lowest BCUT2D eigenvalue weighted by Crippen LogP contribution is -2.41. The molecule has 2 saturated carbocycles. The van der Waals surface area contributed by atoms with E-state index in [0.717, 1.165) is 17.7 Å². The maximum Gasteiger partial charge on any atom is 0.406 e. The van der Waals surface area contributed by atoms with Crippen LogP contribution in [-0.4, -0.2) is 35.3 Å². The van der Waals surface area contributed by atoms with Gasteiger partial charge < -0.3 is 4.90 Å². The molecule has 0 radical (unpaired) electrons. The molecule has 2 aliphatic carbocycles. The number of rotatable bonds is 5. The molecule has 0 aromatic heterocycles. The van der Waals surface area contributed by atoms with E-state index in [1.165, 1.54) is 0 Å².